The van der Waals surface area contributed by atoms with Crippen molar-refractivity contribution in [2.75, 3.05) is 6.54 Å². The molecule has 0 spiro atoms. The van der Waals surface area contributed by atoms with Crippen molar-refractivity contribution in [2.24, 2.45) is 5.73 Å². The summed E-state index contributed by atoms with van der Waals surface area (Å²) in [4.78, 5) is 9.53. The Morgan fingerprint density at radius 1 is 1.44 bits per heavy atom. The molecule has 0 unspecified atom stereocenters. The monoisotopic (exact) mass is 234 g/mol. The van der Waals surface area contributed by atoms with E-state index in [4.69, 9.17) is 5.73 Å². The topological polar surface area (TPSA) is 69.2 Å². The van der Waals surface area contributed by atoms with Gasteiger partial charge < -0.3 is 5.73 Å². The molecule has 1 rings (SSSR count). The second-order valence-electron chi connectivity index (χ2n) is 3.16. The average molecular weight is 234 g/mol. The van der Waals surface area contributed by atoms with E-state index in [1.807, 2.05) is 0 Å². The maximum absolute atomic E-state index is 13.4. The maximum atomic E-state index is 13.4. The van der Waals surface area contributed by atoms with Gasteiger partial charge in [-0.2, -0.15) is 0 Å². The van der Waals surface area contributed by atoms with Crippen molar-refractivity contribution in [1.29, 1.82) is 0 Å². The van der Waals surface area contributed by atoms with Crippen molar-refractivity contribution in [2.45, 2.75) is 12.3 Å². The molecule has 4 nitrogen and oxygen atoms in total. The van der Waals surface area contributed by atoms with Gasteiger partial charge in [-0.1, -0.05) is 0 Å². The lowest BCUT2D eigenvalue weighted by atomic mass is 10.0. The fourth-order valence-corrected chi connectivity index (χ4v) is 1.28. The maximum Gasteiger partial charge on any atom is 0.281 e. The Kier molecular flexibility index (Phi) is 3.48. The molecule has 0 heterocycles. The molecule has 0 fully saturated rings. The molecular formula is C9H9F3N2O2. The Bertz CT molecular complexity index is 410. The third-order valence-electron chi connectivity index (χ3n) is 2.01. The highest BCUT2D eigenvalue weighted by molar-refractivity contribution is 5.43. The van der Waals surface area contributed by atoms with Crippen molar-refractivity contribution in [3.05, 3.63) is 39.7 Å². The van der Waals surface area contributed by atoms with E-state index in [0.29, 0.717) is 6.07 Å². The number of alkyl halides is 2. The van der Waals surface area contributed by atoms with E-state index in [2.05, 4.69) is 0 Å². The van der Waals surface area contributed by atoms with Gasteiger partial charge in [-0.25, -0.2) is 13.2 Å². The summed E-state index contributed by atoms with van der Waals surface area (Å²) in [6, 6.07) is 1.95. The minimum Gasteiger partial charge on any atom is -0.330 e. The summed E-state index contributed by atoms with van der Waals surface area (Å²) in [7, 11) is 0. The van der Waals surface area contributed by atoms with Crippen molar-refractivity contribution >= 4 is 5.69 Å². The van der Waals surface area contributed by atoms with Crippen LogP contribution in [0.5, 0.6) is 0 Å². The molecule has 0 saturated heterocycles. The highest BCUT2D eigenvalue weighted by Crippen LogP contribution is 2.37. The number of halogens is 3. The number of hydrogen-bond acceptors (Lipinski definition) is 3. The molecule has 16 heavy (non-hydrogen) atoms. The third-order valence-corrected chi connectivity index (χ3v) is 2.01. The van der Waals surface area contributed by atoms with Gasteiger partial charge >= 0.3 is 0 Å². The van der Waals surface area contributed by atoms with E-state index in [1.165, 1.54) is 0 Å². The van der Waals surface area contributed by atoms with Crippen LogP contribution in [0.2, 0.25) is 0 Å². The first kappa shape index (κ1) is 12.4. The molecule has 0 amide bonds. The van der Waals surface area contributed by atoms with Crippen molar-refractivity contribution in [3.63, 3.8) is 0 Å². The van der Waals surface area contributed by atoms with Gasteiger partial charge in [0.2, 0.25) is 0 Å². The molecule has 7 heteroatoms. The summed E-state index contributed by atoms with van der Waals surface area (Å²) in [5.41, 5.74) is 3.23. The van der Waals surface area contributed by atoms with Crippen LogP contribution < -0.4 is 5.73 Å². The molecular weight excluding hydrogens is 225 g/mol. The summed E-state index contributed by atoms with van der Waals surface area (Å²) in [6.07, 6.45) is -0.767. The lowest BCUT2D eigenvalue weighted by Crippen LogP contribution is -2.20. The van der Waals surface area contributed by atoms with Crippen molar-refractivity contribution < 1.29 is 18.1 Å². The first-order valence-corrected chi connectivity index (χ1v) is 4.41. The predicted molar refractivity (Wildman–Crippen MR) is 50.6 cm³/mol. The highest BCUT2D eigenvalue weighted by Gasteiger charge is 2.37. The van der Waals surface area contributed by atoms with Gasteiger partial charge in [0.25, 0.3) is 11.6 Å². The van der Waals surface area contributed by atoms with Crippen LogP contribution in [-0.4, -0.2) is 11.5 Å². The molecule has 0 aromatic heterocycles. The number of nitro groups is 1. The first-order valence-electron chi connectivity index (χ1n) is 4.41. The molecule has 0 aliphatic carbocycles. The smallest absolute Gasteiger partial charge is 0.281 e. The third kappa shape index (κ3) is 2.48. The predicted octanol–water partition coefficient (Wildman–Crippen LogP) is 2.17. The summed E-state index contributed by atoms with van der Waals surface area (Å²) in [5, 5.41) is 10.5. The standard InChI is InChI=1S/C9H9F3N2O2/c10-6-1-2-8(14(15)16)7(5-6)9(11,12)3-4-13/h1-2,5H,3-4,13H2. The van der Waals surface area contributed by atoms with Gasteiger partial charge in [-0.05, 0) is 18.7 Å². The average Bonchev–Trinajstić information content (AvgIpc) is 2.17. The normalized spacial score (nSPS) is 11.5. The van der Waals surface area contributed by atoms with Crippen molar-refractivity contribution in [3.8, 4) is 0 Å². The number of benzene rings is 1. The fraction of sp³-hybridized carbons (Fsp3) is 0.333. The van der Waals surface area contributed by atoms with E-state index < -0.39 is 34.3 Å². The number of nitro benzene ring substituents is 1. The van der Waals surface area contributed by atoms with Crippen LogP contribution in [0.4, 0.5) is 18.9 Å². The minimum absolute atomic E-state index is 0.347. The van der Waals surface area contributed by atoms with Crippen LogP contribution in [0.25, 0.3) is 0 Å². The first-order chi connectivity index (χ1) is 7.38. The second-order valence-corrected chi connectivity index (χ2v) is 3.16. The quantitative estimate of drug-likeness (QED) is 0.641. The Labute approximate surface area is 89.0 Å². The van der Waals surface area contributed by atoms with Crippen LogP contribution in [-0.2, 0) is 5.92 Å². The fourth-order valence-electron chi connectivity index (χ4n) is 1.28. The van der Waals surface area contributed by atoms with Gasteiger partial charge in [0.05, 0.1) is 4.92 Å². The summed E-state index contributed by atoms with van der Waals surface area (Å²) >= 11 is 0. The van der Waals surface area contributed by atoms with Crippen LogP contribution >= 0.6 is 0 Å². The Morgan fingerprint density at radius 3 is 2.56 bits per heavy atom. The summed E-state index contributed by atoms with van der Waals surface area (Å²) < 4.78 is 39.6. The number of rotatable bonds is 4. The molecule has 0 bridgehead atoms. The molecule has 1 aromatic rings. The largest absolute Gasteiger partial charge is 0.330 e. The number of hydrogen-bond donors (Lipinski definition) is 1. The van der Waals surface area contributed by atoms with Crippen LogP contribution in [0.3, 0.4) is 0 Å². The van der Waals surface area contributed by atoms with Gasteiger partial charge in [-0.15, -0.1) is 0 Å². The summed E-state index contributed by atoms with van der Waals surface area (Å²) in [6.45, 7) is -0.347. The van der Waals surface area contributed by atoms with Crippen LogP contribution in [0.1, 0.15) is 12.0 Å². The lowest BCUT2D eigenvalue weighted by molar-refractivity contribution is -0.387. The van der Waals surface area contributed by atoms with Crippen LogP contribution in [0, 0.1) is 15.9 Å². The van der Waals surface area contributed by atoms with E-state index >= 15 is 0 Å². The van der Waals surface area contributed by atoms with Gasteiger partial charge in [0.1, 0.15) is 11.4 Å². The van der Waals surface area contributed by atoms with E-state index in [9.17, 15) is 23.3 Å². The molecule has 0 radical (unpaired) electrons. The Hall–Kier alpha value is -1.63. The highest BCUT2D eigenvalue weighted by atomic mass is 19.3. The van der Waals surface area contributed by atoms with Gasteiger partial charge in [0.15, 0.2) is 0 Å². The molecule has 1 aromatic carbocycles. The van der Waals surface area contributed by atoms with E-state index in [0.717, 1.165) is 12.1 Å². The van der Waals surface area contributed by atoms with E-state index in [-0.39, 0.29) is 6.54 Å². The SMILES string of the molecule is NCCC(F)(F)c1cc(F)ccc1[N+](=O)[O-]. The molecule has 88 valence electrons. The molecule has 0 aliphatic heterocycles. The zero-order valence-corrected chi connectivity index (χ0v) is 8.12. The zero-order valence-electron chi connectivity index (χ0n) is 8.12. The Morgan fingerprint density at radius 2 is 2.06 bits per heavy atom. The van der Waals surface area contributed by atoms with E-state index in [1.54, 1.807) is 0 Å². The molecule has 0 aliphatic rings. The summed E-state index contributed by atoms with van der Waals surface area (Å²) in [5.74, 6) is -4.45. The number of nitrogens with zero attached hydrogens (tertiary/aromatic N) is 1. The minimum atomic E-state index is -3.50. The molecule has 2 N–H and O–H groups in total. The van der Waals surface area contributed by atoms with Gasteiger partial charge in [-0.3, -0.25) is 10.1 Å². The lowest BCUT2D eigenvalue weighted by Gasteiger charge is -2.15. The van der Waals surface area contributed by atoms with Gasteiger partial charge in [0, 0.05) is 12.5 Å². The number of nitrogens with two attached hydrogens (primary N) is 1. The Balaban J connectivity index is 3.29. The molecule has 0 saturated carbocycles. The second kappa shape index (κ2) is 4.48. The van der Waals surface area contributed by atoms with Crippen LogP contribution in [0.15, 0.2) is 18.2 Å². The van der Waals surface area contributed by atoms with Crippen molar-refractivity contribution in [1.82, 2.24) is 0 Å². The molecule has 0 atom stereocenters. The zero-order chi connectivity index (χ0) is 12.3.